The highest BCUT2D eigenvalue weighted by Gasteiger charge is 2.07. The molecule has 0 saturated heterocycles. The first kappa shape index (κ1) is 11.5. The summed E-state index contributed by atoms with van der Waals surface area (Å²) in [6.45, 7) is 0.856. The predicted octanol–water partition coefficient (Wildman–Crippen LogP) is 3.01. The highest BCUT2D eigenvalue weighted by Crippen LogP contribution is 2.20. The maximum atomic E-state index is 10.0. The van der Waals surface area contributed by atoms with Crippen LogP contribution in [0.2, 0.25) is 5.02 Å². The number of aryl methyl sites for hydroxylation is 1. The zero-order chi connectivity index (χ0) is 12.5. The van der Waals surface area contributed by atoms with Crippen molar-refractivity contribution in [1.82, 2.24) is 9.55 Å². The number of hydrogen-bond acceptors (Lipinski definition) is 1. The van der Waals surface area contributed by atoms with Crippen LogP contribution < -0.4 is 5.49 Å². The molecule has 0 spiro atoms. The summed E-state index contributed by atoms with van der Waals surface area (Å²) in [6.07, 6.45) is 3.17. The minimum atomic E-state index is 0.296. The van der Waals surface area contributed by atoms with E-state index in [4.69, 9.17) is 11.6 Å². The van der Waals surface area contributed by atoms with Crippen molar-refractivity contribution in [3.8, 4) is 11.3 Å². The molecule has 92 valence electrons. The lowest BCUT2D eigenvalue weighted by atomic mass is 10.1. The second-order valence-electron chi connectivity index (χ2n) is 4.53. The van der Waals surface area contributed by atoms with Gasteiger partial charge in [0.05, 0.1) is 5.69 Å². The molecule has 0 N–H and O–H groups in total. The molecular weight excluding hydrogens is 246 g/mol. The van der Waals surface area contributed by atoms with Gasteiger partial charge in [0, 0.05) is 16.4 Å². The average molecular weight is 259 g/mol. The van der Waals surface area contributed by atoms with Gasteiger partial charge in [-0.25, -0.2) is 0 Å². The SMILES string of the molecule is [N-]=c1cc(-c2ccc(Cl)cc2)nc2n1CCCC2. The van der Waals surface area contributed by atoms with E-state index in [0.29, 0.717) is 10.5 Å². The second-order valence-corrected chi connectivity index (χ2v) is 4.97. The lowest BCUT2D eigenvalue weighted by Crippen LogP contribution is -2.27. The fourth-order valence-electron chi connectivity index (χ4n) is 2.32. The van der Waals surface area contributed by atoms with Gasteiger partial charge >= 0.3 is 0 Å². The van der Waals surface area contributed by atoms with Crippen LogP contribution in [0.5, 0.6) is 0 Å². The Morgan fingerprint density at radius 1 is 1.17 bits per heavy atom. The van der Waals surface area contributed by atoms with Crippen LogP contribution in [0.3, 0.4) is 0 Å². The molecule has 2 aromatic rings. The Morgan fingerprint density at radius 3 is 2.72 bits per heavy atom. The number of hydrogen-bond donors (Lipinski definition) is 0. The van der Waals surface area contributed by atoms with Crippen LogP contribution in [-0.2, 0) is 13.0 Å². The molecule has 1 aliphatic heterocycles. The van der Waals surface area contributed by atoms with E-state index in [0.717, 1.165) is 42.9 Å². The molecule has 3 rings (SSSR count). The molecule has 0 bridgehead atoms. The van der Waals surface area contributed by atoms with Crippen molar-refractivity contribution in [2.75, 3.05) is 0 Å². The molecule has 2 heterocycles. The summed E-state index contributed by atoms with van der Waals surface area (Å²) in [7, 11) is 0. The molecule has 0 unspecified atom stereocenters. The standard InChI is InChI=1S/C14H13ClN3/c15-11-6-4-10(5-7-11)12-9-13(16)18-8-2-1-3-14(18)17-12/h4-7,9H,1-3,8H2/q-1. The van der Waals surface area contributed by atoms with Crippen molar-refractivity contribution in [3.05, 3.63) is 52.1 Å². The van der Waals surface area contributed by atoms with Gasteiger partial charge in [0.15, 0.2) is 0 Å². The molecule has 0 saturated carbocycles. The van der Waals surface area contributed by atoms with Gasteiger partial charge in [-0.1, -0.05) is 35.6 Å². The first-order chi connectivity index (χ1) is 8.74. The number of fused-ring (bicyclic) bond motifs is 1. The van der Waals surface area contributed by atoms with Crippen molar-refractivity contribution in [1.29, 1.82) is 0 Å². The predicted molar refractivity (Wildman–Crippen MR) is 72.1 cm³/mol. The monoisotopic (exact) mass is 258 g/mol. The Balaban J connectivity index is 2.11. The Labute approximate surface area is 111 Å². The van der Waals surface area contributed by atoms with Crippen LogP contribution in [0.25, 0.3) is 16.7 Å². The fourth-order valence-corrected chi connectivity index (χ4v) is 2.45. The smallest absolute Gasteiger partial charge is 0.0699 e. The van der Waals surface area contributed by atoms with Crippen molar-refractivity contribution in [2.45, 2.75) is 25.8 Å². The number of nitrogens with zero attached hydrogens (tertiary/aromatic N) is 3. The summed E-state index contributed by atoms with van der Waals surface area (Å²) in [4.78, 5) is 4.63. The van der Waals surface area contributed by atoms with Gasteiger partial charge < -0.3 is 9.98 Å². The summed E-state index contributed by atoms with van der Waals surface area (Å²) in [5.41, 5.74) is 2.07. The molecule has 1 aromatic carbocycles. The molecule has 0 fully saturated rings. The third-order valence-corrected chi connectivity index (χ3v) is 3.53. The second kappa shape index (κ2) is 4.58. The van der Waals surface area contributed by atoms with E-state index in [1.54, 1.807) is 6.07 Å². The summed E-state index contributed by atoms with van der Waals surface area (Å²) in [5.74, 6) is 0.964. The number of rotatable bonds is 1. The van der Waals surface area contributed by atoms with Gasteiger partial charge in [-0.3, -0.25) is 4.98 Å². The van der Waals surface area contributed by atoms with Crippen molar-refractivity contribution in [2.24, 2.45) is 0 Å². The highest BCUT2D eigenvalue weighted by atomic mass is 35.5. The van der Waals surface area contributed by atoms with Crippen molar-refractivity contribution in [3.63, 3.8) is 0 Å². The van der Waals surface area contributed by atoms with Crippen LogP contribution in [-0.4, -0.2) is 9.55 Å². The average Bonchev–Trinajstić information content (AvgIpc) is 2.39. The van der Waals surface area contributed by atoms with Gasteiger partial charge in [-0.05, 0) is 37.6 Å². The summed E-state index contributed by atoms with van der Waals surface area (Å²) in [6, 6.07) is 9.23. The normalized spacial score (nSPS) is 14.3. The van der Waals surface area contributed by atoms with E-state index in [2.05, 4.69) is 4.98 Å². The number of halogens is 1. The molecule has 0 atom stereocenters. The molecule has 18 heavy (non-hydrogen) atoms. The lowest BCUT2D eigenvalue weighted by molar-refractivity contribution is 0.497. The van der Waals surface area contributed by atoms with E-state index in [1.165, 1.54) is 0 Å². The van der Waals surface area contributed by atoms with Gasteiger partial charge in [0.1, 0.15) is 0 Å². The minimum Gasteiger partial charge on any atom is -0.465 e. The molecular formula is C14H13ClN3-. The quantitative estimate of drug-likeness (QED) is 0.775. The summed E-state index contributed by atoms with van der Waals surface area (Å²) in [5, 5.41) is 10.8. The zero-order valence-corrected chi connectivity index (χ0v) is 10.7. The van der Waals surface area contributed by atoms with E-state index in [9.17, 15) is 5.41 Å². The van der Waals surface area contributed by atoms with Gasteiger partial charge in [0.2, 0.25) is 0 Å². The molecule has 1 aromatic heterocycles. The number of aromatic nitrogens is 2. The summed E-state index contributed by atoms with van der Waals surface area (Å²) < 4.78 is 1.89. The van der Waals surface area contributed by atoms with E-state index in [-0.39, 0.29) is 0 Å². The molecule has 4 heteroatoms. The Kier molecular flexibility index (Phi) is 2.92. The van der Waals surface area contributed by atoms with E-state index >= 15 is 0 Å². The molecule has 1 aliphatic rings. The van der Waals surface area contributed by atoms with Crippen LogP contribution in [0, 0.1) is 0 Å². The van der Waals surface area contributed by atoms with Crippen LogP contribution in [0.1, 0.15) is 18.7 Å². The van der Waals surface area contributed by atoms with E-state index in [1.807, 2.05) is 28.8 Å². The maximum Gasteiger partial charge on any atom is 0.0699 e. The molecule has 0 radical (unpaired) electrons. The van der Waals surface area contributed by atoms with E-state index < -0.39 is 0 Å². The molecule has 0 amide bonds. The number of benzene rings is 1. The fraction of sp³-hybridized carbons (Fsp3) is 0.286. The van der Waals surface area contributed by atoms with Gasteiger partial charge in [0.25, 0.3) is 0 Å². The first-order valence-electron chi connectivity index (χ1n) is 6.13. The Hall–Kier alpha value is -1.61. The highest BCUT2D eigenvalue weighted by molar-refractivity contribution is 6.30. The van der Waals surface area contributed by atoms with Crippen molar-refractivity contribution >= 4 is 11.6 Å². The first-order valence-corrected chi connectivity index (χ1v) is 6.50. The topological polar surface area (TPSA) is 40.1 Å². The Bertz CT molecular complexity index is 628. The van der Waals surface area contributed by atoms with Gasteiger partial charge in [-0.2, -0.15) is 0 Å². The minimum absolute atomic E-state index is 0.296. The molecule has 0 aliphatic carbocycles. The lowest BCUT2D eigenvalue weighted by Gasteiger charge is -2.25. The maximum absolute atomic E-state index is 10.0. The Morgan fingerprint density at radius 2 is 1.94 bits per heavy atom. The van der Waals surface area contributed by atoms with Crippen LogP contribution in [0.15, 0.2) is 30.3 Å². The third-order valence-electron chi connectivity index (χ3n) is 3.28. The largest absolute Gasteiger partial charge is 0.465 e. The molecule has 3 nitrogen and oxygen atoms in total. The van der Waals surface area contributed by atoms with Gasteiger partial charge in [-0.15, -0.1) is 0 Å². The summed E-state index contributed by atoms with van der Waals surface area (Å²) >= 11 is 5.87. The van der Waals surface area contributed by atoms with Crippen molar-refractivity contribution < 1.29 is 0 Å². The van der Waals surface area contributed by atoms with Crippen LogP contribution >= 0.6 is 11.6 Å². The third kappa shape index (κ3) is 2.06. The zero-order valence-electron chi connectivity index (χ0n) is 9.93. The van der Waals surface area contributed by atoms with Crippen LogP contribution in [0.4, 0.5) is 0 Å².